The van der Waals surface area contributed by atoms with Crippen LogP contribution in [0.2, 0.25) is 0 Å². The Kier molecular flexibility index (Phi) is 5.99. The van der Waals surface area contributed by atoms with E-state index in [2.05, 4.69) is 5.32 Å². The number of carbonyl (C=O) groups is 2. The van der Waals surface area contributed by atoms with Gasteiger partial charge in [-0.1, -0.05) is 12.1 Å². The van der Waals surface area contributed by atoms with Crippen molar-refractivity contribution in [1.82, 2.24) is 0 Å². The maximum atomic E-state index is 12.9. The van der Waals surface area contributed by atoms with Crippen molar-refractivity contribution in [1.29, 1.82) is 0 Å². The average Bonchev–Trinajstić information content (AvgIpc) is 2.58. The van der Waals surface area contributed by atoms with Crippen molar-refractivity contribution in [2.45, 2.75) is 0 Å². The molecule has 0 bridgehead atoms. The quantitative estimate of drug-likeness (QED) is 0.467. The van der Waals surface area contributed by atoms with Gasteiger partial charge >= 0.3 is 5.97 Å². The van der Waals surface area contributed by atoms with E-state index in [0.717, 1.165) is 6.07 Å². The average molecular weight is 348 g/mol. The van der Waals surface area contributed by atoms with Crippen LogP contribution in [0.5, 0.6) is 5.75 Å². The standard InChI is InChI=1S/C16H13FN2O6/c17-11-3-1-6-14(7-11)24-10-16(21)25-9-15(20)18-12-4-2-5-13(8-12)19(22)23/h1-8H,9-10H2,(H,18,20). The van der Waals surface area contributed by atoms with E-state index in [9.17, 15) is 24.1 Å². The molecule has 9 heteroatoms. The van der Waals surface area contributed by atoms with Crippen molar-refractivity contribution in [3.05, 3.63) is 64.5 Å². The van der Waals surface area contributed by atoms with Gasteiger partial charge in [0.15, 0.2) is 13.2 Å². The molecule has 0 radical (unpaired) electrons. The maximum Gasteiger partial charge on any atom is 0.344 e. The molecule has 0 unspecified atom stereocenters. The summed E-state index contributed by atoms with van der Waals surface area (Å²) in [6.45, 7) is -1.08. The maximum absolute atomic E-state index is 12.9. The van der Waals surface area contributed by atoms with Gasteiger partial charge in [-0.25, -0.2) is 9.18 Å². The number of nitro benzene ring substituents is 1. The van der Waals surface area contributed by atoms with Crippen molar-refractivity contribution in [2.24, 2.45) is 0 Å². The summed E-state index contributed by atoms with van der Waals surface area (Å²) in [5, 5.41) is 13.0. The molecular weight excluding hydrogens is 335 g/mol. The summed E-state index contributed by atoms with van der Waals surface area (Å²) in [4.78, 5) is 33.2. The normalized spacial score (nSPS) is 9.96. The van der Waals surface area contributed by atoms with Gasteiger partial charge < -0.3 is 14.8 Å². The molecule has 2 aromatic rings. The number of benzene rings is 2. The number of non-ortho nitro benzene ring substituents is 1. The predicted molar refractivity (Wildman–Crippen MR) is 84.6 cm³/mol. The van der Waals surface area contributed by atoms with Crippen LogP contribution in [-0.2, 0) is 14.3 Å². The van der Waals surface area contributed by atoms with E-state index >= 15 is 0 Å². The smallest absolute Gasteiger partial charge is 0.344 e. The number of nitrogens with zero attached hydrogens (tertiary/aromatic N) is 1. The van der Waals surface area contributed by atoms with E-state index in [1.165, 1.54) is 42.5 Å². The van der Waals surface area contributed by atoms with Crippen LogP contribution < -0.4 is 10.1 Å². The van der Waals surface area contributed by atoms with E-state index < -0.39 is 35.8 Å². The number of nitro groups is 1. The zero-order chi connectivity index (χ0) is 18.2. The monoisotopic (exact) mass is 348 g/mol. The fourth-order valence-corrected chi connectivity index (χ4v) is 1.78. The molecule has 0 aromatic heterocycles. The Balaban J connectivity index is 1.76. The highest BCUT2D eigenvalue weighted by molar-refractivity contribution is 5.93. The number of hydrogen-bond donors (Lipinski definition) is 1. The second-order valence-electron chi connectivity index (χ2n) is 4.76. The van der Waals surface area contributed by atoms with Crippen molar-refractivity contribution in [3.8, 4) is 5.75 Å². The third kappa shape index (κ3) is 5.90. The number of anilines is 1. The Hall–Kier alpha value is -3.49. The first-order valence-corrected chi connectivity index (χ1v) is 7.02. The van der Waals surface area contributed by atoms with Gasteiger partial charge in [-0.05, 0) is 18.2 Å². The molecule has 130 valence electrons. The van der Waals surface area contributed by atoms with Crippen molar-refractivity contribution < 1.29 is 28.4 Å². The van der Waals surface area contributed by atoms with Crippen molar-refractivity contribution in [3.63, 3.8) is 0 Å². The Labute approximate surface area is 141 Å². The molecular formula is C16H13FN2O6. The number of amides is 1. The molecule has 0 spiro atoms. The van der Waals surface area contributed by atoms with Crippen LogP contribution in [0.4, 0.5) is 15.8 Å². The van der Waals surface area contributed by atoms with E-state index in [-0.39, 0.29) is 17.1 Å². The molecule has 0 aliphatic carbocycles. The molecule has 0 aliphatic heterocycles. The third-order valence-electron chi connectivity index (χ3n) is 2.86. The largest absolute Gasteiger partial charge is 0.482 e. The minimum atomic E-state index is -0.821. The predicted octanol–water partition coefficient (Wildman–Crippen LogP) is 2.29. The van der Waals surface area contributed by atoms with Gasteiger partial charge in [-0.3, -0.25) is 14.9 Å². The molecule has 25 heavy (non-hydrogen) atoms. The van der Waals surface area contributed by atoms with Gasteiger partial charge in [-0.15, -0.1) is 0 Å². The summed E-state index contributed by atoms with van der Waals surface area (Å²) in [7, 11) is 0. The molecule has 0 heterocycles. The summed E-state index contributed by atoms with van der Waals surface area (Å²) in [5.41, 5.74) is 0.0181. The zero-order valence-corrected chi connectivity index (χ0v) is 12.8. The highest BCUT2D eigenvalue weighted by Gasteiger charge is 2.11. The molecule has 1 amide bonds. The van der Waals surface area contributed by atoms with Gasteiger partial charge in [0, 0.05) is 23.9 Å². The highest BCUT2D eigenvalue weighted by Crippen LogP contribution is 2.16. The lowest BCUT2D eigenvalue weighted by atomic mass is 10.3. The Bertz CT molecular complexity index is 796. The molecule has 8 nitrogen and oxygen atoms in total. The minimum Gasteiger partial charge on any atom is -0.482 e. The molecule has 2 rings (SSSR count). The second-order valence-corrected chi connectivity index (χ2v) is 4.76. The summed E-state index contributed by atoms with van der Waals surface area (Å²) in [6, 6.07) is 10.5. The van der Waals surface area contributed by atoms with Crippen LogP contribution >= 0.6 is 0 Å². The lowest BCUT2D eigenvalue weighted by molar-refractivity contribution is -0.384. The minimum absolute atomic E-state index is 0.151. The van der Waals surface area contributed by atoms with Crippen molar-refractivity contribution in [2.75, 3.05) is 18.5 Å². The molecule has 0 atom stereocenters. The Morgan fingerprint density at radius 2 is 1.88 bits per heavy atom. The molecule has 0 aliphatic rings. The molecule has 1 N–H and O–H groups in total. The van der Waals surface area contributed by atoms with Crippen molar-refractivity contribution >= 4 is 23.3 Å². The van der Waals surface area contributed by atoms with Crippen LogP contribution in [0.3, 0.4) is 0 Å². The first-order chi connectivity index (χ1) is 11.9. The number of halogens is 1. The summed E-state index contributed by atoms with van der Waals surface area (Å²) >= 11 is 0. The number of carbonyl (C=O) groups excluding carboxylic acids is 2. The van der Waals surface area contributed by atoms with Crippen LogP contribution in [-0.4, -0.2) is 30.0 Å². The van der Waals surface area contributed by atoms with Crippen LogP contribution in [0.15, 0.2) is 48.5 Å². The van der Waals surface area contributed by atoms with Crippen LogP contribution in [0.1, 0.15) is 0 Å². The lowest BCUT2D eigenvalue weighted by Gasteiger charge is -2.08. The summed E-state index contributed by atoms with van der Waals surface area (Å²) in [5.74, 6) is -1.85. The fraction of sp³-hybridized carbons (Fsp3) is 0.125. The van der Waals surface area contributed by atoms with E-state index in [1.54, 1.807) is 0 Å². The summed E-state index contributed by atoms with van der Waals surface area (Å²) in [6.07, 6.45) is 0. The molecule has 2 aromatic carbocycles. The van der Waals surface area contributed by atoms with E-state index in [4.69, 9.17) is 9.47 Å². The zero-order valence-electron chi connectivity index (χ0n) is 12.8. The number of ether oxygens (including phenoxy) is 2. The van der Waals surface area contributed by atoms with Gasteiger partial charge in [-0.2, -0.15) is 0 Å². The second kappa shape index (κ2) is 8.39. The highest BCUT2D eigenvalue weighted by atomic mass is 19.1. The number of esters is 1. The number of hydrogen-bond acceptors (Lipinski definition) is 6. The SMILES string of the molecule is O=C(COC(=O)COc1cccc(F)c1)Nc1cccc([N+](=O)[O-])c1. The third-order valence-corrected chi connectivity index (χ3v) is 2.86. The number of nitrogens with one attached hydrogen (secondary N) is 1. The Morgan fingerprint density at radius 3 is 2.60 bits per heavy atom. The fourth-order valence-electron chi connectivity index (χ4n) is 1.78. The Morgan fingerprint density at radius 1 is 1.12 bits per heavy atom. The lowest BCUT2D eigenvalue weighted by Crippen LogP contribution is -2.23. The molecule has 0 saturated heterocycles. The topological polar surface area (TPSA) is 108 Å². The molecule has 0 saturated carbocycles. The summed E-state index contributed by atoms with van der Waals surface area (Å²) < 4.78 is 22.7. The van der Waals surface area contributed by atoms with E-state index in [0.29, 0.717) is 0 Å². The van der Waals surface area contributed by atoms with Gasteiger partial charge in [0.1, 0.15) is 11.6 Å². The molecule has 0 fully saturated rings. The first kappa shape index (κ1) is 17.9. The van der Waals surface area contributed by atoms with Gasteiger partial charge in [0.25, 0.3) is 11.6 Å². The van der Waals surface area contributed by atoms with Crippen LogP contribution in [0, 0.1) is 15.9 Å². The van der Waals surface area contributed by atoms with Gasteiger partial charge in [0.05, 0.1) is 4.92 Å². The van der Waals surface area contributed by atoms with E-state index in [1.807, 2.05) is 0 Å². The van der Waals surface area contributed by atoms with Gasteiger partial charge in [0.2, 0.25) is 0 Å². The van der Waals surface area contributed by atoms with Crippen LogP contribution in [0.25, 0.3) is 0 Å². The first-order valence-electron chi connectivity index (χ1n) is 7.02. The number of rotatable bonds is 7.